The molecule has 1 N–H and O–H groups in total. The van der Waals surface area contributed by atoms with E-state index in [4.69, 9.17) is 0 Å². The molecule has 2 heterocycles. The van der Waals surface area contributed by atoms with Crippen molar-refractivity contribution in [2.45, 2.75) is 64.4 Å². The highest BCUT2D eigenvalue weighted by atomic mass is 16.3. The molecule has 4 aliphatic carbocycles. The summed E-state index contributed by atoms with van der Waals surface area (Å²) >= 11 is 0. The van der Waals surface area contributed by atoms with E-state index in [-0.39, 0.29) is 53.5 Å². The molecule has 0 unspecified atom stereocenters. The Hall–Kier alpha value is -2.38. The van der Waals surface area contributed by atoms with Crippen molar-refractivity contribution in [2.24, 2.45) is 28.6 Å². The Morgan fingerprint density at radius 1 is 1.08 bits per heavy atom. The van der Waals surface area contributed by atoms with E-state index in [0.29, 0.717) is 12.8 Å². The Morgan fingerprint density at radius 2 is 1.86 bits per heavy atom. The maximum Gasteiger partial charge on any atom is 0.178 e. The van der Waals surface area contributed by atoms with E-state index in [1.807, 2.05) is 31.2 Å². The zero-order valence-corrected chi connectivity index (χ0v) is 22.1. The van der Waals surface area contributed by atoms with Crippen molar-refractivity contribution in [3.8, 4) is 0 Å². The standard InChI is InChI=1S/C30H39N3O4/c1-28-10-8-21(34)17-20(28)6-7-22-23-9-11-30(37,29(23,2)18-24(35)27(22)28)25(36)19-32-13-15-33(16-14-32)26-5-3-4-12-31-26/h3-5,12,17,22-23,27,37H,6-11,13-16,18-19H2,1-2H3/t22-,23-,27+,28-,29-,30-/m0/s1. The average molecular weight is 506 g/mol. The number of allylic oxidation sites excluding steroid dienone is 1. The third-order valence-electron chi connectivity index (χ3n) is 11.0. The fourth-order valence-corrected chi connectivity index (χ4v) is 8.86. The molecule has 0 bridgehead atoms. The second-order valence-electron chi connectivity index (χ2n) is 12.7. The zero-order chi connectivity index (χ0) is 26.0. The molecule has 6 atom stereocenters. The van der Waals surface area contributed by atoms with Gasteiger partial charge in [-0.3, -0.25) is 19.3 Å². The molecule has 0 radical (unpaired) electrons. The fraction of sp³-hybridized carbons (Fsp3) is 0.667. The molecule has 0 spiro atoms. The number of pyridine rings is 1. The minimum absolute atomic E-state index is 0.101. The molecule has 5 aliphatic rings. The van der Waals surface area contributed by atoms with Gasteiger partial charge in [0.1, 0.15) is 17.2 Å². The highest BCUT2D eigenvalue weighted by molar-refractivity contribution is 5.94. The number of carbonyl (C=O) groups is 3. The Morgan fingerprint density at radius 3 is 2.59 bits per heavy atom. The molecule has 3 saturated carbocycles. The number of aromatic nitrogens is 1. The molecule has 1 aromatic rings. The van der Waals surface area contributed by atoms with Gasteiger partial charge in [0.05, 0.1) is 6.54 Å². The van der Waals surface area contributed by atoms with Gasteiger partial charge in [-0.25, -0.2) is 4.98 Å². The molecular formula is C30H39N3O4. The third kappa shape index (κ3) is 3.75. The third-order valence-corrected chi connectivity index (χ3v) is 11.0. The van der Waals surface area contributed by atoms with Crippen LogP contribution in [0.15, 0.2) is 36.0 Å². The van der Waals surface area contributed by atoms with Crippen molar-refractivity contribution in [2.75, 3.05) is 37.6 Å². The normalized spacial score (nSPS) is 40.0. The SMILES string of the molecule is C[C@]12CCC(=O)C=C1CC[C@@H]1[C@@H]2C(=O)C[C@@]2(C)[C@H]1CC[C@]2(O)C(=O)CN1CCN(c2ccccn2)CC1. The number of hydrogen-bond acceptors (Lipinski definition) is 7. The number of rotatable bonds is 4. The lowest BCUT2D eigenvalue weighted by Crippen LogP contribution is -2.62. The van der Waals surface area contributed by atoms with E-state index in [0.717, 1.165) is 63.3 Å². The summed E-state index contributed by atoms with van der Waals surface area (Å²) in [5.74, 6) is 1.42. The summed E-state index contributed by atoms with van der Waals surface area (Å²) in [4.78, 5) is 48.5. The Kier molecular flexibility index (Phi) is 5.95. The number of piperazine rings is 1. The Labute approximate surface area is 219 Å². The first-order chi connectivity index (χ1) is 17.7. The van der Waals surface area contributed by atoms with Crippen molar-refractivity contribution < 1.29 is 19.5 Å². The molecule has 1 aromatic heterocycles. The minimum Gasteiger partial charge on any atom is -0.381 e. The van der Waals surface area contributed by atoms with E-state index in [9.17, 15) is 19.5 Å². The van der Waals surface area contributed by atoms with E-state index >= 15 is 0 Å². The molecule has 0 aromatic carbocycles. The lowest BCUT2D eigenvalue weighted by atomic mass is 9.46. The number of carbonyl (C=O) groups excluding carboxylic acids is 3. The molecular weight excluding hydrogens is 466 g/mol. The van der Waals surface area contributed by atoms with Crippen LogP contribution in [0.3, 0.4) is 0 Å². The maximum absolute atomic E-state index is 13.8. The van der Waals surface area contributed by atoms with Crippen molar-refractivity contribution in [1.82, 2.24) is 9.88 Å². The molecule has 6 rings (SSSR count). The predicted octanol–water partition coefficient (Wildman–Crippen LogP) is 3.21. The van der Waals surface area contributed by atoms with Crippen LogP contribution in [-0.2, 0) is 14.4 Å². The molecule has 4 fully saturated rings. The van der Waals surface area contributed by atoms with Crippen LogP contribution in [-0.4, -0.2) is 70.7 Å². The van der Waals surface area contributed by atoms with Crippen molar-refractivity contribution in [3.05, 3.63) is 36.0 Å². The Balaban J connectivity index is 1.17. The number of Topliss-reactive ketones (excluding diaryl/α,β-unsaturated/α-hetero) is 2. The van der Waals surface area contributed by atoms with Gasteiger partial charge >= 0.3 is 0 Å². The number of fused-ring (bicyclic) bond motifs is 5. The summed E-state index contributed by atoms with van der Waals surface area (Å²) in [6.07, 6.45) is 8.04. The molecule has 0 amide bonds. The summed E-state index contributed by atoms with van der Waals surface area (Å²) in [5, 5.41) is 12.0. The summed E-state index contributed by atoms with van der Waals surface area (Å²) in [5.41, 5.74) is -1.29. The molecule has 1 saturated heterocycles. The highest BCUT2D eigenvalue weighted by Crippen LogP contribution is 2.66. The molecule has 198 valence electrons. The largest absolute Gasteiger partial charge is 0.381 e. The molecule has 1 aliphatic heterocycles. The van der Waals surface area contributed by atoms with Crippen molar-refractivity contribution in [3.63, 3.8) is 0 Å². The second kappa shape index (κ2) is 8.84. The molecule has 37 heavy (non-hydrogen) atoms. The van der Waals surface area contributed by atoms with Gasteiger partial charge in [-0.05, 0) is 67.6 Å². The minimum atomic E-state index is -1.46. The summed E-state index contributed by atoms with van der Waals surface area (Å²) in [7, 11) is 0. The van der Waals surface area contributed by atoms with Gasteiger partial charge in [0, 0.05) is 56.6 Å². The van der Waals surface area contributed by atoms with E-state index in [1.165, 1.54) is 0 Å². The Bertz CT molecular complexity index is 1140. The van der Waals surface area contributed by atoms with Crippen LogP contribution in [0.5, 0.6) is 0 Å². The predicted molar refractivity (Wildman–Crippen MR) is 140 cm³/mol. The van der Waals surface area contributed by atoms with Crippen molar-refractivity contribution in [1.29, 1.82) is 0 Å². The van der Waals surface area contributed by atoms with E-state index in [1.54, 1.807) is 6.20 Å². The number of anilines is 1. The first-order valence-electron chi connectivity index (χ1n) is 14.1. The van der Waals surface area contributed by atoms with E-state index < -0.39 is 11.0 Å². The van der Waals surface area contributed by atoms with Gasteiger partial charge in [-0.1, -0.05) is 25.5 Å². The number of hydrogen-bond donors (Lipinski definition) is 1. The second-order valence-corrected chi connectivity index (χ2v) is 12.7. The fourth-order valence-electron chi connectivity index (χ4n) is 8.86. The van der Waals surface area contributed by atoms with Crippen molar-refractivity contribution >= 4 is 23.2 Å². The number of ketones is 3. The van der Waals surface area contributed by atoms with Gasteiger partial charge in [0.25, 0.3) is 0 Å². The van der Waals surface area contributed by atoms with Gasteiger partial charge < -0.3 is 10.0 Å². The van der Waals surface area contributed by atoms with Gasteiger partial charge in [-0.15, -0.1) is 0 Å². The first kappa shape index (κ1) is 24.9. The van der Waals surface area contributed by atoms with Gasteiger partial charge in [0.2, 0.25) is 0 Å². The van der Waals surface area contributed by atoms with Gasteiger partial charge in [-0.2, -0.15) is 0 Å². The average Bonchev–Trinajstić information content (AvgIpc) is 3.16. The molecule has 7 heteroatoms. The number of nitrogens with zero attached hydrogens (tertiary/aromatic N) is 3. The van der Waals surface area contributed by atoms with E-state index in [2.05, 4.69) is 21.7 Å². The van der Waals surface area contributed by atoms with Crippen LogP contribution >= 0.6 is 0 Å². The topological polar surface area (TPSA) is 90.8 Å². The maximum atomic E-state index is 13.8. The molecule has 7 nitrogen and oxygen atoms in total. The quantitative estimate of drug-likeness (QED) is 0.672. The smallest absolute Gasteiger partial charge is 0.178 e. The summed E-state index contributed by atoms with van der Waals surface area (Å²) in [6, 6.07) is 5.90. The lowest BCUT2D eigenvalue weighted by molar-refractivity contribution is -0.169. The van der Waals surface area contributed by atoms with Crippen LogP contribution in [0.4, 0.5) is 5.82 Å². The van der Waals surface area contributed by atoms with Crippen LogP contribution in [0.1, 0.15) is 58.8 Å². The highest BCUT2D eigenvalue weighted by Gasteiger charge is 2.68. The summed E-state index contributed by atoms with van der Waals surface area (Å²) < 4.78 is 0. The van der Waals surface area contributed by atoms with Crippen LogP contribution in [0.25, 0.3) is 0 Å². The summed E-state index contributed by atoms with van der Waals surface area (Å²) in [6.45, 7) is 7.49. The number of aliphatic hydroxyl groups is 1. The van der Waals surface area contributed by atoms with Crippen LogP contribution < -0.4 is 4.90 Å². The monoisotopic (exact) mass is 505 g/mol. The van der Waals surface area contributed by atoms with Crippen LogP contribution in [0.2, 0.25) is 0 Å². The van der Waals surface area contributed by atoms with Gasteiger partial charge in [0.15, 0.2) is 11.6 Å². The zero-order valence-electron chi connectivity index (χ0n) is 22.1. The first-order valence-corrected chi connectivity index (χ1v) is 14.1. The van der Waals surface area contributed by atoms with Crippen LogP contribution in [0, 0.1) is 28.6 Å². The lowest BCUT2D eigenvalue weighted by Gasteiger charge is -2.57.